The van der Waals surface area contributed by atoms with Crippen LogP contribution in [-0.2, 0) is 4.79 Å². The first-order valence-corrected chi connectivity index (χ1v) is 7.25. The van der Waals surface area contributed by atoms with Gasteiger partial charge in [0.25, 0.3) is 0 Å². The van der Waals surface area contributed by atoms with Gasteiger partial charge in [-0.05, 0) is 75.5 Å². The highest BCUT2D eigenvalue weighted by molar-refractivity contribution is 5.72. The molecule has 0 aliphatic heterocycles. The minimum Gasteiger partial charge on any atom is -0.481 e. The van der Waals surface area contributed by atoms with E-state index in [1.807, 2.05) is 0 Å². The van der Waals surface area contributed by atoms with Crippen molar-refractivity contribution in [2.24, 2.45) is 29.1 Å². The molecule has 4 aliphatic rings. The molecule has 18 heavy (non-hydrogen) atoms. The zero-order chi connectivity index (χ0) is 13.1. The maximum Gasteiger partial charge on any atom is 0.309 e. The highest BCUT2D eigenvalue weighted by Crippen LogP contribution is 2.64. The van der Waals surface area contributed by atoms with Crippen molar-refractivity contribution in [1.82, 2.24) is 0 Å². The summed E-state index contributed by atoms with van der Waals surface area (Å²) in [5, 5.41) is 19.9. The predicted molar refractivity (Wildman–Crippen MR) is 68.0 cm³/mol. The fourth-order valence-corrected chi connectivity index (χ4v) is 5.84. The Hall–Kier alpha value is -0.570. The predicted octanol–water partition coefficient (Wildman–Crippen LogP) is 2.67. The highest BCUT2D eigenvalue weighted by Gasteiger charge is 2.59. The first kappa shape index (κ1) is 12.5. The van der Waals surface area contributed by atoms with Crippen molar-refractivity contribution < 1.29 is 15.0 Å². The van der Waals surface area contributed by atoms with Crippen LogP contribution in [0, 0.1) is 29.1 Å². The van der Waals surface area contributed by atoms with Crippen molar-refractivity contribution >= 4 is 5.97 Å². The van der Waals surface area contributed by atoms with Crippen LogP contribution in [0.25, 0.3) is 0 Å². The first-order chi connectivity index (χ1) is 8.30. The summed E-state index contributed by atoms with van der Waals surface area (Å²) >= 11 is 0. The van der Waals surface area contributed by atoms with Gasteiger partial charge < -0.3 is 10.2 Å². The van der Waals surface area contributed by atoms with Gasteiger partial charge in [0.1, 0.15) is 0 Å². The lowest BCUT2D eigenvalue weighted by Crippen LogP contribution is -2.57. The third-order valence-electron chi connectivity index (χ3n) is 5.65. The van der Waals surface area contributed by atoms with Gasteiger partial charge in [-0.25, -0.2) is 0 Å². The van der Waals surface area contributed by atoms with Crippen molar-refractivity contribution in [3.05, 3.63) is 0 Å². The molecule has 2 N–H and O–H groups in total. The van der Waals surface area contributed by atoms with Crippen LogP contribution in [0.2, 0.25) is 0 Å². The molecule has 0 aromatic carbocycles. The van der Waals surface area contributed by atoms with Gasteiger partial charge in [-0.3, -0.25) is 4.79 Å². The number of aliphatic carboxylic acids is 1. The van der Waals surface area contributed by atoms with Crippen molar-refractivity contribution in [2.75, 3.05) is 0 Å². The fourth-order valence-electron chi connectivity index (χ4n) is 5.84. The molecule has 0 amide bonds. The summed E-state index contributed by atoms with van der Waals surface area (Å²) in [5.41, 5.74) is -1.24. The van der Waals surface area contributed by atoms with Gasteiger partial charge in [0.15, 0.2) is 0 Å². The molecule has 4 aliphatic carbocycles. The van der Waals surface area contributed by atoms with E-state index in [1.54, 1.807) is 13.8 Å². The van der Waals surface area contributed by atoms with E-state index in [-0.39, 0.29) is 5.41 Å². The Labute approximate surface area is 109 Å². The molecule has 0 aromatic heterocycles. The second-order valence-electron chi connectivity index (χ2n) is 7.70. The van der Waals surface area contributed by atoms with Crippen LogP contribution in [0.4, 0.5) is 0 Å². The van der Waals surface area contributed by atoms with E-state index < -0.39 is 17.5 Å². The monoisotopic (exact) mass is 252 g/mol. The average Bonchev–Trinajstić information content (AvgIpc) is 2.09. The molecular formula is C15H24O3. The summed E-state index contributed by atoms with van der Waals surface area (Å²) in [4.78, 5) is 11.7. The van der Waals surface area contributed by atoms with Crippen molar-refractivity contribution in [2.45, 2.75) is 58.0 Å². The van der Waals surface area contributed by atoms with Crippen molar-refractivity contribution in [3.63, 3.8) is 0 Å². The largest absolute Gasteiger partial charge is 0.481 e. The van der Waals surface area contributed by atoms with Gasteiger partial charge >= 0.3 is 5.97 Å². The summed E-state index contributed by atoms with van der Waals surface area (Å²) in [5.74, 6) is 0.768. The minimum atomic E-state index is -1.11. The fraction of sp³-hybridized carbons (Fsp3) is 0.933. The van der Waals surface area contributed by atoms with E-state index in [0.717, 1.165) is 37.0 Å². The van der Waals surface area contributed by atoms with Gasteiger partial charge in [-0.1, -0.05) is 0 Å². The molecule has 1 unspecified atom stereocenters. The van der Waals surface area contributed by atoms with E-state index in [0.29, 0.717) is 0 Å². The smallest absolute Gasteiger partial charge is 0.309 e. The Morgan fingerprint density at radius 3 is 1.78 bits per heavy atom. The lowest BCUT2D eigenvalue weighted by atomic mass is 9.45. The highest BCUT2D eigenvalue weighted by atomic mass is 16.4. The molecule has 0 saturated heterocycles. The number of carbonyl (C=O) groups is 1. The molecule has 4 rings (SSSR count). The lowest BCUT2D eigenvalue weighted by Gasteiger charge is -2.60. The van der Waals surface area contributed by atoms with Crippen LogP contribution in [0.3, 0.4) is 0 Å². The van der Waals surface area contributed by atoms with E-state index in [9.17, 15) is 15.0 Å². The zero-order valence-electron chi connectivity index (χ0n) is 11.4. The molecule has 3 heteroatoms. The van der Waals surface area contributed by atoms with Crippen molar-refractivity contribution in [3.8, 4) is 0 Å². The SMILES string of the molecule is CC(C)(O)C(C(=O)O)C12CC3CC(CC(C3)C1)C2. The molecule has 0 radical (unpaired) electrons. The Morgan fingerprint density at radius 2 is 1.50 bits per heavy atom. The summed E-state index contributed by atoms with van der Waals surface area (Å²) in [6, 6.07) is 0. The summed E-state index contributed by atoms with van der Waals surface area (Å²) in [6.07, 6.45) is 6.99. The van der Waals surface area contributed by atoms with Crippen LogP contribution >= 0.6 is 0 Å². The second kappa shape index (κ2) is 3.72. The maximum atomic E-state index is 11.7. The third kappa shape index (κ3) is 1.78. The first-order valence-electron chi connectivity index (χ1n) is 7.25. The maximum absolute atomic E-state index is 11.7. The third-order valence-corrected chi connectivity index (χ3v) is 5.65. The summed E-state index contributed by atoms with van der Waals surface area (Å²) in [7, 11) is 0. The molecule has 0 heterocycles. The number of rotatable bonds is 3. The van der Waals surface area contributed by atoms with Crippen LogP contribution in [0.1, 0.15) is 52.4 Å². The normalized spacial score (nSPS) is 44.1. The second-order valence-corrected chi connectivity index (χ2v) is 7.70. The van der Waals surface area contributed by atoms with Gasteiger partial charge in [0.2, 0.25) is 0 Å². The number of hydrogen-bond acceptors (Lipinski definition) is 2. The Balaban J connectivity index is 1.96. The quantitative estimate of drug-likeness (QED) is 0.812. The molecule has 4 fully saturated rings. The molecule has 4 bridgehead atoms. The number of hydrogen-bond donors (Lipinski definition) is 2. The van der Waals surface area contributed by atoms with Gasteiger partial charge in [0, 0.05) is 0 Å². The topological polar surface area (TPSA) is 57.5 Å². The van der Waals surface area contributed by atoms with Crippen LogP contribution < -0.4 is 0 Å². The molecule has 0 spiro atoms. The minimum absolute atomic E-state index is 0.126. The van der Waals surface area contributed by atoms with Crippen LogP contribution in [0.5, 0.6) is 0 Å². The molecule has 0 aromatic rings. The molecule has 4 saturated carbocycles. The Bertz CT molecular complexity index is 331. The number of carboxylic acids is 1. The van der Waals surface area contributed by atoms with E-state index in [2.05, 4.69) is 0 Å². The zero-order valence-corrected chi connectivity index (χ0v) is 11.4. The number of aliphatic hydroxyl groups is 1. The Morgan fingerprint density at radius 1 is 1.11 bits per heavy atom. The van der Waals surface area contributed by atoms with E-state index in [4.69, 9.17) is 0 Å². The van der Waals surface area contributed by atoms with Crippen LogP contribution in [0.15, 0.2) is 0 Å². The molecule has 1 atom stereocenters. The summed E-state index contributed by atoms with van der Waals surface area (Å²) in [6.45, 7) is 3.34. The Kier molecular flexibility index (Phi) is 2.58. The van der Waals surface area contributed by atoms with Gasteiger partial charge in [0.05, 0.1) is 11.5 Å². The summed E-state index contributed by atoms with van der Waals surface area (Å²) < 4.78 is 0. The molecule has 102 valence electrons. The molecule has 3 nitrogen and oxygen atoms in total. The van der Waals surface area contributed by atoms with Crippen LogP contribution in [-0.4, -0.2) is 21.8 Å². The number of carboxylic acid groups (broad SMARTS) is 1. The van der Waals surface area contributed by atoms with Crippen molar-refractivity contribution in [1.29, 1.82) is 0 Å². The standard InChI is InChI=1S/C15H24O3/c1-14(2,18)12(13(16)17)15-6-9-3-10(7-15)5-11(4-9)8-15/h9-12,18H,3-8H2,1-2H3,(H,16,17). The molecular weight excluding hydrogens is 228 g/mol. The van der Waals surface area contributed by atoms with E-state index >= 15 is 0 Å². The lowest BCUT2D eigenvalue weighted by molar-refractivity contribution is -0.179. The van der Waals surface area contributed by atoms with Gasteiger partial charge in [-0.15, -0.1) is 0 Å². The van der Waals surface area contributed by atoms with Gasteiger partial charge in [-0.2, -0.15) is 0 Å². The average molecular weight is 252 g/mol. The van der Waals surface area contributed by atoms with E-state index in [1.165, 1.54) is 19.3 Å².